The van der Waals surface area contributed by atoms with E-state index in [9.17, 15) is 4.79 Å². The zero-order chi connectivity index (χ0) is 19.7. The van der Waals surface area contributed by atoms with E-state index in [2.05, 4.69) is 48.2 Å². The zero-order valence-corrected chi connectivity index (χ0v) is 16.4. The van der Waals surface area contributed by atoms with Crippen molar-refractivity contribution < 1.29 is 4.79 Å². The summed E-state index contributed by atoms with van der Waals surface area (Å²) in [6, 6.07) is 16.2. The molecule has 1 aliphatic rings. The van der Waals surface area contributed by atoms with Crippen molar-refractivity contribution in [3.63, 3.8) is 0 Å². The summed E-state index contributed by atoms with van der Waals surface area (Å²) in [5, 5.41) is 3.28. The van der Waals surface area contributed by atoms with Crippen molar-refractivity contribution in [2.24, 2.45) is 0 Å². The van der Waals surface area contributed by atoms with Gasteiger partial charge in [-0.05, 0) is 35.1 Å². The Morgan fingerprint density at radius 1 is 1.00 bits per heavy atom. The van der Waals surface area contributed by atoms with Crippen LogP contribution in [0.15, 0.2) is 60.9 Å². The molecule has 2 heterocycles. The second-order valence-corrected chi connectivity index (χ2v) is 8.05. The maximum Gasteiger partial charge on any atom is 0.261 e. The van der Waals surface area contributed by atoms with Crippen LogP contribution in [-0.4, -0.2) is 22.4 Å². The zero-order valence-electron chi connectivity index (χ0n) is 16.4. The van der Waals surface area contributed by atoms with Crippen molar-refractivity contribution in [3.05, 3.63) is 77.6 Å². The molecule has 28 heavy (non-hydrogen) atoms. The summed E-state index contributed by atoms with van der Waals surface area (Å²) in [4.78, 5) is 23.4. The molecule has 0 aliphatic carbocycles. The Morgan fingerprint density at radius 2 is 1.68 bits per heavy atom. The van der Waals surface area contributed by atoms with Gasteiger partial charge in [-0.2, -0.15) is 0 Å². The summed E-state index contributed by atoms with van der Waals surface area (Å²) in [7, 11) is 0. The fourth-order valence-corrected chi connectivity index (χ4v) is 3.57. The monoisotopic (exact) mass is 372 g/mol. The first-order valence-corrected chi connectivity index (χ1v) is 9.52. The highest BCUT2D eigenvalue weighted by molar-refractivity contribution is 6.07. The van der Waals surface area contributed by atoms with Gasteiger partial charge in [-0.3, -0.25) is 4.79 Å². The van der Waals surface area contributed by atoms with Crippen LogP contribution in [0.25, 0.3) is 0 Å². The molecule has 0 atom stereocenters. The lowest BCUT2D eigenvalue weighted by atomic mass is 9.86. The summed E-state index contributed by atoms with van der Waals surface area (Å²) in [5.41, 5.74) is 4.84. The number of aromatic nitrogens is 2. The Bertz CT molecular complexity index is 1010. The average Bonchev–Trinajstić information content (AvgIpc) is 3.12. The Morgan fingerprint density at radius 3 is 2.43 bits per heavy atom. The molecular formula is C23H24N4O. The molecule has 0 saturated carbocycles. The first kappa shape index (κ1) is 18.2. The normalized spacial score (nSPS) is 13.3. The SMILES string of the molecule is CC(C)(C)c1ccccc1Nc1ncc(C(=O)N2CCc3ccccc32)cn1. The minimum absolute atomic E-state index is 0.00262. The number of hydrogen-bond acceptors (Lipinski definition) is 4. The number of anilines is 3. The third-order valence-electron chi connectivity index (χ3n) is 5.01. The lowest BCUT2D eigenvalue weighted by molar-refractivity contribution is 0.0988. The number of benzene rings is 2. The molecule has 0 unspecified atom stereocenters. The largest absolute Gasteiger partial charge is 0.324 e. The smallest absolute Gasteiger partial charge is 0.261 e. The van der Waals surface area contributed by atoms with Crippen molar-refractivity contribution in [2.75, 3.05) is 16.8 Å². The molecule has 1 aliphatic heterocycles. The second-order valence-electron chi connectivity index (χ2n) is 8.05. The molecule has 4 rings (SSSR count). The summed E-state index contributed by atoms with van der Waals surface area (Å²) >= 11 is 0. The lowest BCUT2D eigenvalue weighted by Crippen LogP contribution is -2.29. The van der Waals surface area contributed by atoms with Gasteiger partial charge in [0, 0.05) is 30.3 Å². The van der Waals surface area contributed by atoms with Crippen molar-refractivity contribution >= 4 is 23.2 Å². The molecule has 0 spiro atoms. The standard InChI is InChI=1S/C23H24N4O/c1-23(2,3)18-9-5-6-10-19(18)26-22-24-14-17(15-25-22)21(28)27-13-12-16-8-4-7-11-20(16)27/h4-11,14-15H,12-13H2,1-3H3,(H,24,25,26). The Balaban J connectivity index is 1.54. The van der Waals surface area contributed by atoms with Gasteiger partial charge in [0.2, 0.25) is 5.95 Å². The van der Waals surface area contributed by atoms with Crippen molar-refractivity contribution in [1.82, 2.24) is 9.97 Å². The fourth-order valence-electron chi connectivity index (χ4n) is 3.57. The van der Waals surface area contributed by atoms with Crippen LogP contribution < -0.4 is 10.2 Å². The summed E-state index contributed by atoms with van der Waals surface area (Å²) in [6.07, 6.45) is 4.07. The number of rotatable bonds is 3. The highest BCUT2D eigenvalue weighted by atomic mass is 16.2. The van der Waals surface area contributed by atoms with Gasteiger partial charge in [0.25, 0.3) is 5.91 Å². The molecule has 2 aromatic carbocycles. The average molecular weight is 372 g/mol. The van der Waals surface area contributed by atoms with E-state index in [1.165, 1.54) is 11.1 Å². The van der Waals surface area contributed by atoms with E-state index in [-0.39, 0.29) is 11.3 Å². The number of carbonyl (C=O) groups excluding carboxylic acids is 1. The maximum absolute atomic E-state index is 12.9. The molecule has 0 fully saturated rings. The molecule has 0 saturated heterocycles. The van der Waals surface area contributed by atoms with Gasteiger partial charge in [-0.25, -0.2) is 9.97 Å². The van der Waals surface area contributed by atoms with Gasteiger partial charge in [0.05, 0.1) is 5.56 Å². The third-order valence-corrected chi connectivity index (χ3v) is 5.01. The van der Waals surface area contributed by atoms with Crippen LogP contribution in [0.4, 0.5) is 17.3 Å². The molecule has 1 N–H and O–H groups in total. The number of hydrogen-bond donors (Lipinski definition) is 1. The molecular weight excluding hydrogens is 348 g/mol. The Labute approximate surface area is 165 Å². The Kier molecular flexibility index (Phi) is 4.59. The van der Waals surface area contributed by atoms with Crippen molar-refractivity contribution in [2.45, 2.75) is 32.6 Å². The predicted octanol–water partition coefficient (Wildman–Crippen LogP) is 4.72. The summed E-state index contributed by atoms with van der Waals surface area (Å²) < 4.78 is 0. The van der Waals surface area contributed by atoms with E-state index in [4.69, 9.17) is 0 Å². The van der Waals surface area contributed by atoms with E-state index in [0.29, 0.717) is 18.1 Å². The van der Waals surface area contributed by atoms with Crippen molar-refractivity contribution in [3.8, 4) is 0 Å². The van der Waals surface area contributed by atoms with Crippen LogP contribution in [-0.2, 0) is 11.8 Å². The molecule has 3 aromatic rings. The van der Waals surface area contributed by atoms with E-state index < -0.39 is 0 Å². The number of carbonyl (C=O) groups is 1. The van der Waals surface area contributed by atoms with Crippen LogP contribution in [0.1, 0.15) is 42.3 Å². The highest BCUT2D eigenvalue weighted by Gasteiger charge is 2.25. The minimum atomic E-state index is -0.0633. The van der Waals surface area contributed by atoms with Crippen LogP contribution in [0.2, 0.25) is 0 Å². The maximum atomic E-state index is 12.9. The molecule has 0 radical (unpaired) electrons. The lowest BCUT2D eigenvalue weighted by Gasteiger charge is -2.23. The number of nitrogens with one attached hydrogen (secondary N) is 1. The first-order chi connectivity index (χ1) is 13.4. The number of nitrogens with zero attached hydrogens (tertiary/aromatic N) is 3. The number of fused-ring (bicyclic) bond motifs is 1. The summed E-state index contributed by atoms with van der Waals surface area (Å²) in [6.45, 7) is 7.20. The predicted molar refractivity (Wildman–Crippen MR) is 112 cm³/mol. The second kappa shape index (κ2) is 7.08. The quantitative estimate of drug-likeness (QED) is 0.723. The molecule has 1 aromatic heterocycles. The molecule has 5 heteroatoms. The third kappa shape index (κ3) is 3.48. The van der Waals surface area contributed by atoms with Gasteiger partial charge in [-0.1, -0.05) is 57.2 Å². The van der Waals surface area contributed by atoms with Crippen LogP contribution >= 0.6 is 0 Å². The number of amides is 1. The van der Waals surface area contributed by atoms with Crippen LogP contribution in [0, 0.1) is 0 Å². The van der Waals surface area contributed by atoms with E-state index >= 15 is 0 Å². The van der Waals surface area contributed by atoms with Gasteiger partial charge < -0.3 is 10.2 Å². The molecule has 5 nitrogen and oxygen atoms in total. The summed E-state index contributed by atoms with van der Waals surface area (Å²) in [5.74, 6) is 0.418. The van der Waals surface area contributed by atoms with Crippen molar-refractivity contribution in [1.29, 1.82) is 0 Å². The van der Waals surface area contributed by atoms with Crippen LogP contribution in [0.3, 0.4) is 0 Å². The minimum Gasteiger partial charge on any atom is -0.324 e. The fraction of sp³-hybridized carbons (Fsp3) is 0.261. The van der Waals surface area contributed by atoms with E-state index in [1.807, 2.05) is 36.4 Å². The molecule has 1 amide bonds. The molecule has 142 valence electrons. The Hall–Kier alpha value is -3.21. The van der Waals surface area contributed by atoms with Gasteiger partial charge in [0.15, 0.2) is 0 Å². The van der Waals surface area contributed by atoms with Gasteiger partial charge in [0.1, 0.15) is 0 Å². The first-order valence-electron chi connectivity index (χ1n) is 9.52. The van der Waals surface area contributed by atoms with Crippen LogP contribution in [0.5, 0.6) is 0 Å². The van der Waals surface area contributed by atoms with Gasteiger partial charge in [-0.15, -0.1) is 0 Å². The van der Waals surface area contributed by atoms with E-state index in [0.717, 1.165) is 17.8 Å². The topological polar surface area (TPSA) is 58.1 Å². The van der Waals surface area contributed by atoms with Gasteiger partial charge >= 0.3 is 0 Å². The van der Waals surface area contributed by atoms with E-state index in [1.54, 1.807) is 17.3 Å². The number of para-hydroxylation sites is 2. The highest BCUT2D eigenvalue weighted by Crippen LogP contribution is 2.31. The molecule has 0 bridgehead atoms.